The van der Waals surface area contributed by atoms with Crippen molar-refractivity contribution in [3.8, 4) is 0 Å². The lowest BCUT2D eigenvalue weighted by atomic mass is 10.1. The molecule has 4 nitrogen and oxygen atoms in total. The molecule has 0 spiro atoms. The maximum Gasteiger partial charge on any atom is 0.339 e. The van der Waals surface area contributed by atoms with Gasteiger partial charge in [0.15, 0.2) is 0 Å². The minimum absolute atomic E-state index is 0.0142. The van der Waals surface area contributed by atoms with E-state index >= 15 is 0 Å². The lowest BCUT2D eigenvalue weighted by molar-refractivity contribution is 0.0487. The number of carbonyl (C=O) groups is 2. The minimum Gasteiger partial charge on any atom is -0.478 e. The summed E-state index contributed by atoms with van der Waals surface area (Å²) in [5.41, 5.74) is 0.101. The number of rotatable bonds is 15. The van der Waals surface area contributed by atoms with Gasteiger partial charge in [0.2, 0.25) is 0 Å². The highest BCUT2D eigenvalue weighted by molar-refractivity contribution is 6.02. The molecule has 150 valence electrons. The first-order valence-electron chi connectivity index (χ1n) is 10.3. The van der Waals surface area contributed by atoms with E-state index < -0.39 is 11.9 Å². The van der Waals surface area contributed by atoms with Gasteiger partial charge in [0.1, 0.15) is 0 Å². The maximum absolute atomic E-state index is 12.0. The van der Waals surface area contributed by atoms with E-state index in [0.717, 1.165) is 32.1 Å². The molecule has 0 radical (unpaired) electrons. The molecule has 0 amide bonds. The Morgan fingerprint density at radius 1 is 0.852 bits per heavy atom. The first-order chi connectivity index (χ1) is 13.2. The number of carbonyl (C=O) groups excluding carboxylic acids is 1. The summed E-state index contributed by atoms with van der Waals surface area (Å²) >= 11 is 0. The smallest absolute Gasteiger partial charge is 0.339 e. The second kappa shape index (κ2) is 15.0. The van der Waals surface area contributed by atoms with Gasteiger partial charge < -0.3 is 9.84 Å². The molecule has 1 rings (SSSR count). The quantitative estimate of drug-likeness (QED) is 0.219. The highest BCUT2D eigenvalue weighted by Gasteiger charge is 2.16. The van der Waals surface area contributed by atoms with Crippen molar-refractivity contribution >= 4 is 11.9 Å². The van der Waals surface area contributed by atoms with Gasteiger partial charge in [-0.3, -0.25) is 0 Å². The number of aromatic carboxylic acids is 1. The van der Waals surface area contributed by atoms with Gasteiger partial charge in [-0.05, 0) is 44.2 Å². The maximum atomic E-state index is 12.0. The molecule has 1 aromatic carbocycles. The fourth-order valence-electron chi connectivity index (χ4n) is 2.91. The molecule has 0 saturated carbocycles. The van der Waals surface area contributed by atoms with Gasteiger partial charge >= 0.3 is 11.9 Å². The number of esters is 1. The molecule has 1 N–H and O–H groups in total. The van der Waals surface area contributed by atoms with Crippen molar-refractivity contribution in [3.05, 3.63) is 47.5 Å². The van der Waals surface area contributed by atoms with Crippen molar-refractivity contribution in [1.82, 2.24) is 0 Å². The second-order valence-electron chi connectivity index (χ2n) is 6.86. The van der Waals surface area contributed by atoms with E-state index in [2.05, 4.69) is 19.1 Å². The molecule has 0 bridgehead atoms. The number of carboxylic acids is 1. The highest BCUT2D eigenvalue weighted by Crippen LogP contribution is 2.12. The van der Waals surface area contributed by atoms with Crippen molar-refractivity contribution in [3.63, 3.8) is 0 Å². The van der Waals surface area contributed by atoms with Crippen molar-refractivity contribution in [2.24, 2.45) is 0 Å². The van der Waals surface area contributed by atoms with Crippen LogP contribution < -0.4 is 0 Å². The van der Waals surface area contributed by atoms with E-state index in [1.807, 2.05) is 0 Å². The fraction of sp³-hybridized carbons (Fsp3) is 0.565. The third-order valence-corrected chi connectivity index (χ3v) is 4.52. The Morgan fingerprint density at radius 2 is 1.41 bits per heavy atom. The largest absolute Gasteiger partial charge is 0.478 e. The zero-order valence-electron chi connectivity index (χ0n) is 16.6. The van der Waals surface area contributed by atoms with Crippen LogP contribution in [0.1, 0.15) is 98.3 Å². The number of unbranched alkanes of at least 4 members (excludes halogenated alkanes) is 9. The first-order valence-corrected chi connectivity index (χ1v) is 10.3. The fourth-order valence-corrected chi connectivity index (χ4v) is 2.91. The van der Waals surface area contributed by atoms with Crippen LogP contribution in [0.4, 0.5) is 0 Å². The Morgan fingerprint density at radius 3 is 2.00 bits per heavy atom. The average Bonchev–Trinajstić information content (AvgIpc) is 2.68. The minimum atomic E-state index is -1.11. The normalized spacial score (nSPS) is 11.0. The second-order valence-corrected chi connectivity index (χ2v) is 6.86. The number of allylic oxidation sites excluding steroid dienone is 2. The zero-order chi connectivity index (χ0) is 19.7. The highest BCUT2D eigenvalue weighted by atomic mass is 16.5. The first kappa shape index (κ1) is 22.9. The van der Waals surface area contributed by atoms with Gasteiger partial charge in [-0.1, -0.05) is 69.7 Å². The van der Waals surface area contributed by atoms with E-state index in [0.29, 0.717) is 6.61 Å². The number of carboxylic acid groups (broad SMARTS) is 1. The molecule has 1 aromatic rings. The standard InChI is InChI=1S/C23H34O4/c1-2-3-4-5-6-7-8-9-10-11-12-13-16-19-27-23(26)21-18-15-14-17-20(21)22(24)25/h8-9,14-15,17-18H,2-7,10-13,16,19H2,1H3,(H,24,25)/b9-8+. The number of hydrogen-bond acceptors (Lipinski definition) is 3. The summed E-state index contributed by atoms with van der Waals surface area (Å²) in [7, 11) is 0. The summed E-state index contributed by atoms with van der Waals surface area (Å²) in [5.74, 6) is -1.67. The van der Waals surface area contributed by atoms with Crippen LogP contribution in [0.2, 0.25) is 0 Å². The lowest BCUT2D eigenvalue weighted by Crippen LogP contribution is -2.12. The Labute approximate surface area is 163 Å². The summed E-state index contributed by atoms with van der Waals surface area (Å²) < 4.78 is 5.20. The molecular weight excluding hydrogens is 340 g/mol. The molecule has 27 heavy (non-hydrogen) atoms. The van der Waals surface area contributed by atoms with E-state index in [1.54, 1.807) is 12.1 Å². The molecule has 0 unspecified atom stereocenters. The van der Waals surface area contributed by atoms with Crippen LogP contribution in [0.5, 0.6) is 0 Å². The molecule has 4 heteroatoms. The number of ether oxygens (including phenoxy) is 1. The van der Waals surface area contributed by atoms with Gasteiger partial charge in [0.25, 0.3) is 0 Å². The van der Waals surface area contributed by atoms with Crippen LogP contribution in [0.3, 0.4) is 0 Å². The van der Waals surface area contributed by atoms with Crippen molar-refractivity contribution in [1.29, 1.82) is 0 Å². The SMILES string of the molecule is CCCCCCC/C=C/CCCCCCOC(=O)c1ccccc1C(=O)O. The molecular formula is C23H34O4. The summed E-state index contributed by atoms with van der Waals surface area (Å²) in [6, 6.07) is 6.14. The van der Waals surface area contributed by atoms with Gasteiger partial charge in [-0.2, -0.15) is 0 Å². The third-order valence-electron chi connectivity index (χ3n) is 4.52. The number of hydrogen-bond donors (Lipinski definition) is 1. The van der Waals surface area contributed by atoms with Gasteiger partial charge in [0.05, 0.1) is 17.7 Å². The molecule has 0 aliphatic heterocycles. The predicted octanol–water partition coefficient (Wildman–Crippen LogP) is 6.41. The molecule has 0 heterocycles. The van der Waals surface area contributed by atoms with Crippen LogP contribution in [0.15, 0.2) is 36.4 Å². The lowest BCUT2D eigenvalue weighted by Gasteiger charge is -2.07. The van der Waals surface area contributed by atoms with Crippen molar-refractivity contribution in [2.75, 3.05) is 6.61 Å². The van der Waals surface area contributed by atoms with E-state index in [1.165, 1.54) is 50.7 Å². The average molecular weight is 375 g/mol. The van der Waals surface area contributed by atoms with Gasteiger partial charge in [0, 0.05) is 0 Å². The van der Waals surface area contributed by atoms with Gasteiger partial charge in [-0.15, -0.1) is 0 Å². The third kappa shape index (κ3) is 10.6. The molecule has 0 aliphatic rings. The summed E-state index contributed by atoms with van der Waals surface area (Å²) in [6.45, 7) is 2.57. The predicted molar refractivity (Wildman–Crippen MR) is 109 cm³/mol. The molecule has 0 saturated heterocycles. The molecule has 0 atom stereocenters. The van der Waals surface area contributed by atoms with Crippen LogP contribution in [-0.4, -0.2) is 23.7 Å². The summed E-state index contributed by atoms with van der Waals surface area (Å²) in [6.07, 6.45) is 17.6. The molecule has 0 fully saturated rings. The summed E-state index contributed by atoms with van der Waals surface area (Å²) in [4.78, 5) is 23.1. The van der Waals surface area contributed by atoms with Crippen molar-refractivity contribution < 1.29 is 19.4 Å². The van der Waals surface area contributed by atoms with Crippen LogP contribution in [0.25, 0.3) is 0 Å². The van der Waals surface area contributed by atoms with E-state index in [-0.39, 0.29) is 11.1 Å². The van der Waals surface area contributed by atoms with Crippen LogP contribution in [0, 0.1) is 0 Å². The number of benzene rings is 1. The van der Waals surface area contributed by atoms with Crippen LogP contribution in [-0.2, 0) is 4.74 Å². The van der Waals surface area contributed by atoms with Gasteiger partial charge in [-0.25, -0.2) is 9.59 Å². The van der Waals surface area contributed by atoms with E-state index in [9.17, 15) is 9.59 Å². The summed E-state index contributed by atoms with van der Waals surface area (Å²) in [5, 5.41) is 9.10. The van der Waals surface area contributed by atoms with Crippen LogP contribution >= 0.6 is 0 Å². The Kier molecular flexibility index (Phi) is 12.7. The topological polar surface area (TPSA) is 63.6 Å². The Hall–Kier alpha value is -2.10. The molecule has 0 aromatic heterocycles. The molecule has 0 aliphatic carbocycles. The van der Waals surface area contributed by atoms with Crippen molar-refractivity contribution in [2.45, 2.75) is 77.6 Å². The Bertz CT molecular complexity index is 577. The van der Waals surface area contributed by atoms with E-state index in [4.69, 9.17) is 9.84 Å². The Balaban J connectivity index is 2.03. The monoisotopic (exact) mass is 374 g/mol. The zero-order valence-corrected chi connectivity index (χ0v) is 16.6.